The molecule has 3 heterocycles. The normalized spacial score (nSPS) is 10.9. The van der Waals surface area contributed by atoms with Crippen molar-refractivity contribution in [1.29, 1.82) is 0 Å². The number of hydrogen-bond acceptors (Lipinski definition) is 6. The standard InChI is InChI=1S/C20H19N7/c1-13-16(12-15-8-4-3-5-9-15)14(2)27(26-13)20-24-18(23-19(21)25-20)17-10-6-7-11-22-17/h3-11H,12H2,1-2H3,(H2,21,23,24,25). The number of hydrogen-bond donors (Lipinski definition) is 1. The summed E-state index contributed by atoms with van der Waals surface area (Å²) < 4.78 is 1.72. The third kappa shape index (κ3) is 3.39. The van der Waals surface area contributed by atoms with Crippen molar-refractivity contribution in [2.75, 3.05) is 5.73 Å². The predicted molar refractivity (Wildman–Crippen MR) is 103 cm³/mol. The van der Waals surface area contributed by atoms with Crippen LogP contribution in [0.1, 0.15) is 22.5 Å². The van der Waals surface area contributed by atoms with Crippen molar-refractivity contribution in [3.05, 3.63) is 77.2 Å². The molecule has 4 aromatic rings. The van der Waals surface area contributed by atoms with Crippen molar-refractivity contribution < 1.29 is 0 Å². The largest absolute Gasteiger partial charge is 0.368 e. The molecule has 2 N–H and O–H groups in total. The predicted octanol–water partition coefficient (Wildman–Crippen LogP) is 2.91. The van der Waals surface area contributed by atoms with Gasteiger partial charge in [0.2, 0.25) is 5.95 Å². The van der Waals surface area contributed by atoms with Gasteiger partial charge in [-0.25, -0.2) is 4.68 Å². The van der Waals surface area contributed by atoms with Gasteiger partial charge >= 0.3 is 0 Å². The highest BCUT2D eigenvalue weighted by Gasteiger charge is 2.17. The van der Waals surface area contributed by atoms with Crippen molar-refractivity contribution in [3.63, 3.8) is 0 Å². The molecule has 0 aliphatic heterocycles. The van der Waals surface area contributed by atoms with E-state index >= 15 is 0 Å². The Morgan fingerprint density at radius 2 is 1.70 bits per heavy atom. The number of nitrogens with zero attached hydrogens (tertiary/aromatic N) is 6. The molecule has 27 heavy (non-hydrogen) atoms. The smallest absolute Gasteiger partial charge is 0.256 e. The average molecular weight is 357 g/mol. The van der Waals surface area contributed by atoms with Crippen molar-refractivity contribution in [1.82, 2.24) is 29.7 Å². The van der Waals surface area contributed by atoms with Crippen molar-refractivity contribution in [2.45, 2.75) is 20.3 Å². The molecule has 0 fully saturated rings. The van der Waals surface area contributed by atoms with E-state index in [1.165, 1.54) is 5.56 Å². The molecule has 7 nitrogen and oxygen atoms in total. The SMILES string of the molecule is Cc1nn(-c2nc(N)nc(-c3ccccn3)n2)c(C)c1Cc1ccccc1. The van der Waals surface area contributed by atoms with Crippen molar-refractivity contribution >= 4 is 5.95 Å². The fourth-order valence-electron chi connectivity index (χ4n) is 3.01. The minimum absolute atomic E-state index is 0.137. The Hall–Kier alpha value is -3.61. The van der Waals surface area contributed by atoms with Crippen LogP contribution < -0.4 is 5.73 Å². The average Bonchev–Trinajstić information content (AvgIpc) is 2.97. The Kier molecular flexibility index (Phi) is 4.33. The zero-order valence-corrected chi connectivity index (χ0v) is 15.2. The zero-order chi connectivity index (χ0) is 18.8. The molecular formula is C20H19N7. The monoisotopic (exact) mass is 357 g/mol. The van der Waals surface area contributed by atoms with Gasteiger partial charge in [-0.1, -0.05) is 36.4 Å². The van der Waals surface area contributed by atoms with Crippen LogP contribution in [0.3, 0.4) is 0 Å². The summed E-state index contributed by atoms with van der Waals surface area (Å²) in [4.78, 5) is 17.3. The van der Waals surface area contributed by atoms with E-state index in [2.05, 4.69) is 37.2 Å². The highest BCUT2D eigenvalue weighted by molar-refractivity contribution is 5.51. The lowest BCUT2D eigenvalue weighted by Crippen LogP contribution is -2.10. The summed E-state index contributed by atoms with van der Waals surface area (Å²) in [6.45, 7) is 4.00. The number of aryl methyl sites for hydroxylation is 1. The van der Waals surface area contributed by atoms with Gasteiger partial charge in [-0.05, 0) is 31.5 Å². The number of nitrogens with two attached hydrogens (primary N) is 1. The Morgan fingerprint density at radius 1 is 0.926 bits per heavy atom. The van der Waals surface area contributed by atoms with Crippen LogP contribution in [-0.2, 0) is 6.42 Å². The second kappa shape index (κ2) is 6.95. The van der Waals surface area contributed by atoms with Gasteiger partial charge in [-0.3, -0.25) is 4.98 Å². The van der Waals surface area contributed by atoms with Crippen LogP contribution in [-0.4, -0.2) is 29.7 Å². The highest BCUT2D eigenvalue weighted by atomic mass is 15.4. The van der Waals surface area contributed by atoms with Crippen molar-refractivity contribution in [2.24, 2.45) is 0 Å². The highest BCUT2D eigenvalue weighted by Crippen LogP contribution is 2.21. The molecular weight excluding hydrogens is 338 g/mol. The number of benzene rings is 1. The van der Waals surface area contributed by atoms with E-state index in [1.807, 2.05) is 50.2 Å². The fraction of sp³-hybridized carbons (Fsp3) is 0.150. The van der Waals surface area contributed by atoms with Gasteiger partial charge in [0, 0.05) is 23.9 Å². The minimum Gasteiger partial charge on any atom is -0.368 e. The Bertz CT molecular complexity index is 1070. The summed E-state index contributed by atoms with van der Waals surface area (Å²) in [7, 11) is 0. The Balaban J connectivity index is 1.76. The first kappa shape index (κ1) is 16.8. The lowest BCUT2D eigenvalue weighted by Gasteiger charge is -2.07. The van der Waals surface area contributed by atoms with Gasteiger partial charge in [-0.15, -0.1) is 0 Å². The van der Waals surface area contributed by atoms with Crippen LogP contribution in [0.25, 0.3) is 17.5 Å². The van der Waals surface area contributed by atoms with Gasteiger partial charge in [0.05, 0.1) is 5.69 Å². The van der Waals surface area contributed by atoms with Crippen LogP contribution in [0.5, 0.6) is 0 Å². The lowest BCUT2D eigenvalue weighted by atomic mass is 10.0. The topological polar surface area (TPSA) is 95.4 Å². The summed E-state index contributed by atoms with van der Waals surface area (Å²) in [5.41, 5.74) is 10.9. The third-order valence-corrected chi connectivity index (χ3v) is 4.39. The van der Waals surface area contributed by atoms with Gasteiger partial charge in [0.25, 0.3) is 5.95 Å². The molecule has 0 radical (unpaired) electrons. The molecule has 0 saturated carbocycles. The second-order valence-electron chi connectivity index (χ2n) is 6.26. The van der Waals surface area contributed by atoms with Gasteiger partial charge in [0.1, 0.15) is 5.69 Å². The van der Waals surface area contributed by atoms with E-state index in [0.29, 0.717) is 17.5 Å². The second-order valence-corrected chi connectivity index (χ2v) is 6.26. The summed E-state index contributed by atoms with van der Waals surface area (Å²) in [6.07, 6.45) is 2.49. The van der Waals surface area contributed by atoms with Gasteiger partial charge < -0.3 is 5.73 Å². The van der Waals surface area contributed by atoms with Crippen LogP contribution in [0.15, 0.2) is 54.7 Å². The first-order chi connectivity index (χ1) is 13.1. The summed E-state index contributed by atoms with van der Waals surface area (Å²) in [5.74, 6) is 0.955. The Labute approximate surface area is 157 Å². The molecule has 7 heteroatoms. The quantitative estimate of drug-likeness (QED) is 0.603. The van der Waals surface area contributed by atoms with E-state index < -0.39 is 0 Å². The number of pyridine rings is 1. The molecule has 0 aliphatic rings. The van der Waals surface area contributed by atoms with E-state index in [9.17, 15) is 0 Å². The number of anilines is 1. The van der Waals surface area contributed by atoms with Gasteiger partial charge in [-0.2, -0.15) is 20.1 Å². The summed E-state index contributed by atoms with van der Waals surface area (Å²) >= 11 is 0. The van der Waals surface area contributed by atoms with E-state index in [1.54, 1.807) is 10.9 Å². The number of aromatic nitrogens is 6. The molecule has 0 amide bonds. The fourth-order valence-corrected chi connectivity index (χ4v) is 3.01. The van der Waals surface area contributed by atoms with Crippen LogP contribution >= 0.6 is 0 Å². The van der Waals surface area contributed by atoms with E-state index in [-0.39, 0.29) is 5.95 Å². The summed E-state index contributed by atoms with van der Waals surface area (Å²) in [6, 6.07) is 15.9. The molecule has 1 aromatic carbocycles. The van der Waals surface area contributed by atoms with Crippen LogP contribution in [0.2, 0.25) is 0 Å². The first-order valence-electron chi connectivity index (χ1n) is 8.64. The molecule has 0 atom stereocenters. The molecule has 0 saturated heterocycles. The maximum atomic E-state index is 5.92. The number of rotatable bonds is 4. The molecule has 4 rings (SSSR count). The maximum absolute atomic E-state index is 5.92. The van der Waals surface area contributed by atoms with Gasteiger partial charge in [0.15, 0.2) is 5.82 Å². The maximum Gasteiger partial charge on any atom is 0.256 e. The molecule has 0 aliphatic carbocycles. The minimum atomic E-state index is 0.137. The Morgan fingerprint density at radius 3 is 2.44 bits per heavy atom. The van der Waals surface area contributed by atoms with E-state index in [4.69, 9.17) is 5.73 Å². The summed E-state index contributed by atoms with van der Waals surface area (Å²) in [5, 5.41) is 4.64. The first-order valence-corrected chi connectivity index (χ1v) is 8.64. The molecule has 0 spiro atoms. The van der Waals surface area contributed by atoms with Crippen LogP contribution in [0.4, 0.5) is 5.95 Å². The molecule has 0 bridgehead atoms. The third-order valence-electron chi connectivity index (χ3n) is 4.39. The molecule has 0 unspecified atom stereocenters. The van der Waals surface area contributed by atoms with Crippen LogP contribution in [0, 0.1) is 13.8 Å². The number of nitrogen functional groups attached to an aromatic ring is 1. The lowest BCUT2D eigenvalue weighted by molar-refractivity contribution is 0.767. The zero-order valence-electron chi connectivity index (χ0n) is 15.2. The van der Waals surface area contributed by atoms with Crippen molar-refractivity contribution in [3.8, 4) is 17.5 Å². The molecule has 3 aromatic heterocycles. The molecule has 134 valence electrons. The van der Waals surface area contributed by atoms with E-state index in [0.717, 1.165) is 23.4 Å².